The van der Waals surface area contributed by atoms with Gasteiger partial charge in [0.1, 0.15) is 4.90 Å². The fourth-order valence-corrected chi connectivity index (χ4v) is 3.86. The minimum Gasteiger partial charge on any atom is -0.368 e. The largest absolute Gasteiger partial charge is 0.368 e. The molecule has 1 aliphatic heterocycles. The molecule has 0 radical (unpaired) electrons. The van der Waals surface area contributed by atoms with Crippen molar-refractivity contribution in [3.8, 4) is 0 Å². The summed E-state index contributed by atoms with van der Waals surface area (Å²) in [5, 5.41) is 3.29. The van der Waals surface area contributed by atoms with Crippen molar-refractivity contribution >= 4 is 15.7 Å². The molecule has 0 spiro atoms. The van der Waals surface area contributed by atoms with Gasteiger partial charge in [0, 0.05) is 40.3 Å². The zero-order valence-corrected chi connectivity index (χ0v) is 13.2. The first kappa shape index (κ1) is 15.3. The van der Waals surface area contributed by atoms with E-state index >= 15 is 0 Å². The molecular formula is C14H23N3O2S. The average molecular weight is 297 g/mol. The van der Waals surface area contributed by atoms with Crippen LogP contribution in [0.4, 0.5) is 5.69 Å². The van der Waals surface area contributed by atoms with Gasteiger partial charge < -0.3 is 10.2 Å². The maximum absolute atomic E-state index is 12.7. The van der Waals surface area contributed by atoms with Crippen molar-refractivity contribution in [1.82, 2.24) is 9.62 Å². The summed E-state index contributed by atoms with van der Waals surface area (Å²) < 4.78 is 26.6. The molecule has 6 heteroatoms. The third-order valence-corrected chi connectivity index (χ3v) is 5.60. The van der Waals surface area contributed by atoms with Crippen LogP contribution in [0.1, 0.15) is 12.5 Å². The van der Waals surface area contributed by atoms with Gasteiger partial charge in [-0.2, -0.15) is 0 Å². The molecular weight excluding hydrogens is 274 g/mol. The highest BCUT2D eigenvalue weighted by Gasteiger charge is 2.27. The van der Waals surface area contributed by atoms with Crippen molar-refractivity contribution in [2.45, 2.75) is 18.2 Å². The third kappa shape index (κ3) is 2.82. The summed E-state index contributed by atoms with van der Waals surface area (Å²) in [5.74, 6) is 0. The number of aryl methyl sites for hydroxylation is 1. The third-order valence-electron chi connectivity index (χ3n) is 3.65. The monoisotopic (exact) mass is 297 g/mol. The fraction of sp³-hybridized carbons (Fsp3) is 0.571. The van der Waals surface area contributed by atoms with Gasteiger partial charge in [-0.3, -0.25) is 0 Å². The van der Waals surface area contributed by atoms with Crippen molar-refractivity contribution in [3.05, 3.63) is 23.8 Å². The zero-order valence-electron chi connectivity index (χ0n) is 12.4. The molecule has 0 atom stereocenters. The Labute approximate surface area is 121 Å². The number of rotatable bonds is 4. The van der Waals surface area contributed by atoms with E-state index in [9.17, 15) is 8.42 Å². The number of nitrogens with one attached hydrogen (secondary N) is 1. The molecule has 2 rings (SSSR count). The summed E-state index contributed by atoms with van der Waals surface area (Å²) in [6.45, 7) is 5.44. The summed E-state index contributed by atoms with van der Waals surface area (Å²) in [7, 11) is -0.255. The minimum absolute atomic E-state index is 0.467. The summed E-state index contributed by atoms with van der Waals surface area (Å²) in [6.07, 6.45) is 0.711. The van der Waals surface area contributed by atoms with Gasteiger partial charge in [0.15, 0.2) is 0 Å². The highest BCUT2D eigenvalue weighted by Crippen LogP contribution is 2.31. The molecule has 1 heterocycles. The molecule has 0 bridgehead atoms. The molecule has 20 heavy (non-hydrogen) atoms. The lowest BCUT2D eigenvalue weighted by atomic mass is 10.1. The fourth-order valence-electron chi connectivity index (χ4n) is 2.48. The predicted octanol–water partition coefficient (Wildman–Crippen LogP) is 0.909. The highest BCUT2D eigenvalue weighted by molar-refractivity contribution is 7.89. The second-order valence-corrected chi connectivity index (χ2v) is 7.23. The summed E-state index contributed by atoms with van der Waals surface area (Å²) in [6, 6.07) is 5.77. The van der Waals surface area contributed by atoms with Crippen molar-refractivity contribution < 1.29 is 8.42 Å². The highest BCUT2D eigenvalue weighted by atomic mass is 32.2. The number of anilines is 1. The average Bonchev–Trinajstić information content (AvgIpc) is 2.47. The Morgan fingerprint density at radius 2 is 1.90 bits per heavy atom. The molecule has 1 fully saturated rings. The van der Waals surface area contributed by atoms with Crippen LogP contribution in [0, 0.1) is 0 Å². The van der Waals surface area contributed by atoms with E-state index in [0.29, 0.717) is 11.3 Å². The molecule has 1 saturated heterocycles. The molecule has 0 aromatic heterocycles. The number of hydrogen-bond donors (Lipinski definition) is 1. The van der Waals surface area contributed by atoms with Crippen LogP contribution in [0.3, 0.4) is 0 Å². The van der Waals surface area contributed by atoms with E-state index in [1.54, 1.807) is 14.1 Å². The number of hydrogen-bond acceptors (Lipinski definition) is 4. The van der Waals surface area contributed by atoms with Crippen molar-refractivity contribution in [2.75, 3.05) is 45.2 Å². The Balaban J connectivity index is 2.57. The van der Waals surface area contributed by atoms with Crippen LogP contribution in [0.15, 0.2) is 23.1 Å². The van der Waals surface area contributed by atoms with Gasteiger partial charge in [-0.15, -0.1) is 0 Å². The summed E-state index contributed by atoms with van der Waals surface area (Å²) in [5.41, 5.74) is 1.72. The van der Waals surface area contributed by atoms with Gasteiger partial charge in [-0.25, -0.2) is 12.7 Å². The molecule has 0 aliphatic carbocycles. The SMILES string of the molecule is CCc1cccc(N2CCNCC2)c1S(=O)(=O)N(C)C. The molecule has 1 N–H and O–H groups in total. The van der Waals surface area contributed by atoms with Gasteiger partial charge in [0.2, 0.25) is 10.0 Å². The number of sulfonamides is 1. The Morgan fingerprint density at radius 1 is 1.25 bits per heavy atom. The van der Waals surface area contributed by atoms with Crippen LogP contribution in [-0.4, -0.2) is 53.0 Å². The van der Waals surface area contributed by atoms with Gasteiger partial charge in [0.25, 0.3) is 0 Å². The zero-order chi connectivity index (χ0) is 14.8. The number of benzene rings is 1. The predicted molar refractivity (Wildman–Crippen MR) is 81.8 cm³/mol. The molecule has 1 aromatic carbocycles. The van der Waals surface area contributed by atoms with Crippen molar-refractivity contribution in [3.63, 3.8) is 0 Å². The first-order valence-electron chi connectivity index (χ1n) is 6.98. The Morgan fingerprint density at radius 3 is 2.45 bits per heavy atom. The van der Waals surface area contributed by atoms with Crippen LogP contribution < -0.4 is 10.2 Å². The van der Waals surface area contributed by atoms with E-state index in [4.69, 9.17) is 0 Å². The van der Waals surface area contributed by atoms with E-state index in [-0.39, 0.29) is 0 Å². The van der Waals surface area contributed by atoms with Crippen LogP contribution in [-0.2, 0) is 16.4 Å². The quantitative estimate of drug-likeness (QED) is 0.897. The minimum atomic E-state index is -3.43. The summed E-state index contributed by atoms with van der Waals surface area (Å²) in [4.78, 5) is 2.63. The first-order valence-corrected chi connectivity index (χ1v) is 8.42. The maximum atomic E-state index is 12.7. The summed E-state index contributed by atoms with van der Waals surface area (Å²) >= 11 is 0. The Kier molecular flexibility index (Phi) is 4.67. The standard InChI is InChI=1S/C14H23N3O2S/c1-4-12-6-5-7-13(17-10-8-15-9-11-17)14(12)20(18,19)16(2)3/h5-7,15H,4,8-11H2,1-3H3. The van der Waals surface area contributed by atoms with Crippen molar-refractivity contribution in [2.24, 2.45) is 0 Å². The number of nitrogens with zero attached hydrogens (tertiary/aromatic N) is 2. The van der Waals surface area contributed by atoms with Gasteiger partial charge in [-0.05, 0) is 18.1 Å². The Bertz CT molecular complexity index is 564. The smallest absolute Gasteiger partial charge is 0.244 e. The van der Waals surface area contributed by atoms with E-state index in [0.717, 1.165) is 37.4 Å². The lowest BCUT2D eigenvalue weighted by Gasteiger charge is -2.32. The van der Waals surface area contributed by atoms with Crippen LogP contribution >= 0.6 is 0 Å². The van der Waals surface area contributed by atoms with E-state index < -0.39 is 10.0 Å². The topological polar surface area (TPSA) is 52.7 Å². The molecule has 5 nitrogen and oxygen atoms in total. The van der Waals surface area contributed by atoms with E-state index in [1.165, 1.54) is 4.31 Å². The number of piperazine rings is 1. The molecule has 0 amide bonds. The molecule has 112 valence electrons. The van der Waals surface area contributed by atoms with E-state index in [2.05, 4.69) is 10.2 Å². The van der Waals surface area contributed by atoms with Crippen molar-refractivity contribution in [1.29, 1.82) is 0 Å². The lowest BCUT2D eigenvalue weighted by molar-refractivity contribution is 0.518. The van der Waals surface area contributed by atoms with Gasteiger partial charge >= 0.3 is 0 Å². The second kappa shape index (κ2) is 6.11. The molecule has 0 unspecified atom stereocenters. The molecule has 1 aliphatic rings. The van der Waals surface area contributed by atoms with Crippen LogP contribution in [0.5, 0.6) is 0 Å². The normalized spacial score (nSPS) is 16.7. The molecule has 1 aromatic rings. The van der Waals surface area contributed by atoms with Gasteiger partial charge in [0.05, 0.1) is 5.69 Å². The van der Waals surface area contributed by atoms with Crippen LogP contribution in [0.2, 0.25) is 0 Å². The first-order chi connectivity index (χ1) is 9.48. The van der Waals surface area contributed by atoms with Crippen LogP contribution in [0.25, 0.3) is 0 Å². The Hall–Kier alpha value is -1.11. The second-order valence-electron chi connectivity index (χ2n) is 5.14. The molecule has 0 saturated carbocycles. The lowest BCUT2D eigenvalue weighted by Crippen LogP contribution is -2.44. The van der Waals surface area contributed by atoms with Gasteiger partial charge in [-0.1, -0.05) is 19.1 Å². The maximum Gasteiger partial charge on any atom is 0.244 e. The van der Waals surface area contributed by atoms with E-state index in [1.807, 2.05) is 25.1 Å².